The molecule has 3 rings (SSSR count). The number of benzene rings is 1. The minimum absolute atomic E-state index is 0.651. The summed E-state index contributed by atoms with van der Waals surface area (Å²) >= 11 is 3.70. The van der Waals surface area contributed by atoms with Crippen molar-refractivity contribution in [3.05, 3.63) is 33.8 Å². The number of hydrogen-bond donors (Lipinski definition) is 1. The number of halogens is 1. The Bertz CT molecular complexity index is 433. The zero-order valence-corrected chi connectivity index (χ0v) is 12.5. The van der Waals surface area contributed by atoms with Crippen molar-refractivity contribution in [2.45, 2.75) is 37.8 Å². The van der Waals surface area contributed by atoms with E-state index in [1.165, 1.54) is 42.3 Å². The average Bonchev–Trinajstić information content (AvgIpc) is 2.96. The monoisotopic (exact) mass is 308 g/mol. The first kappa shape index (κ1) is 12.6. The maximum atomic E-state index is 3.70. The third-order valence-electron chi connectivity index (χ3n) is 4.44. The van der Waals surface area contributed by atoms with Crippen molar-refractivity contribution in [1.82, 2.24) is 10.2 Å². The molecule has 1 N–H and O–H groups in total. The zero-order chi connectivity index (χ0) is 12.5. The molecule has 1 fully saturated rings. The molecule has 1 saturated heterocycles. The molecular formula is C15H21BrN2. The number of hydrogen-bond acceptors (Lipinski definition) is 2. The van der Waals surface area contributed by atoms with Crippen LogP contribution in [0.25, 0.3) is 0 Å². The van der Waals surface area contributed by atoms with Gasteiger partial charge in [-0.3, -0.25) is 4.90 Å². The predicted octanol–water partition coefficient (Wildman–Crippen LogP) is 3.12. The molecule has 18 heavy (non-hydrogen) atoms. The quantitative estimate of drug-likeness (QED) is 0.923. The second-order valence-corrected chi connectivity index (χ2v) is 6.31. The van der Waals surface area contributed by atoms with Crippen molar-refractivity contribution in [3.8, 4) is 0 Å². The lowest BCUT2D eigenvalue weighted by Gasteiger charge is -2.31. The Kier molecular flexibility index (Phi) is 3.73. The molecule has 2 unspecified atom stereocenters. The van der Waals surface area contributed by atoms with Crippen molar-refractivity contribution in [2.75, 3.05) is 20.1 Å². The summed E-state index contributed by atoms with van der Waals surface area (Å²) in [7, 11) is 2.07. The number of rotatable bonds is 3. The number of nitrogens with one attached hydrogen (secondary N) is 1. The van der Waals surface area contributed by atoms with Crippen LogP contribution in [-0.2, 0) is 6.42 Å². The minimum Gasteiger partial charge on any atom is -0.318 e. The van der Waals surface area contributed by atoms with E-state index in [1.807, 2.05) is 0 Å². The first-order valence-corrected chi connectivity index (χ1v) is 7.78. The van der Waals surface area contributed by atoms with Gasteiger partial charge in [-0.05, 0) is 56.5 Å². The fourth-order valence-corrected chi connectivity index (χ4v) is 4.24. The smallest absolute Gasteiger partial charge is 0.0357 e. The van der Waals surface area contributed by atoms with Crippen molar-refractivity contribution in [3.63, 3.8) is 0 Å². The van der Waals surface area contributed by atoms with Gasteiger partial charge in [0.2, 0.25) is 0 Å². The summed E-state index contributed by atoms with van der Waals surface area (Å²) in [6, 6.07) is 8.07. The van der Waals surface area contributed by atoms with Gasteiger partial charge in [0, 0.05) is 23.1 Å². The van der Waals surface area contributed by atoms with Crippen LogP contribution < -0.4 is 5.32 Å². The highest BCUT2D eigenvalue weighted by Crippen LogP contribution is 2.41. The van der Waals surface area contributed by atoms with E-state index in [2.05, 4.69) is 51.4 Å². The van der Waals surface area contributed by atoms with E-state index in [1.54, 1.807) is 5.56 Å². The number of likely N-dealkylation sites (N-methyl/N-ethyl adjacent to an activating group) is 1. The summed E-state index contributed by atoms with van der Waals surface area (Å²) in [5.74, 6) is 0. The van der Waals surface area contributed by atoms with Crippen LogP contribution in [0, 0.1) is 0 Å². The molecule has 2 aliphatic rings. The number of likely N-dealkylation sites (tertiary alicyclic amines) is 1. The molecule has 0 amide bonds. The Labute approximate surface area is 118 Å². The van der Waals surface area contributed by atoms with Crippen LogP contribution in [0.1, 0.15) is 36.4 Å². The molecule has 1 aliphatic carbocycles. The summed E-state index contributed by atoms with van der Waals surface area (Å²) in [5, 5.41) is 3.35. The van der Waals surface area contributed by atoms with Gasteiger partial charge in [0.1, 0.15) is 0 Å². The van der Waals surface area contributed by atoms with Gasteiger partial charge in [0.05, 0.1) is 0 Å². The lowest BCUT2D eigenvalue weighted by Crippen LogP contribution is -2.38. The molecule has 0 bridgehead atoms. The molecule has 0 saturated carbocycles. The molecule has 0 aromatic heterocycles. The van der Waals surface area contributed by atoms with E-state index in [4.69, 9.17) is 0 Å². The number of nitrogens with zero attached hydrogens (tertiary/aromatic N) is 1. The third-order valence-corrected chi connectivity index (χ3v) is 5.19. The molecule has 98 valence electrons. The van der Waals surface area contributed by atoms with Crippen LogP contribution in [0.5, 0.6) is 0 Å². The molecule has 0 spiro atoms. The van der Waals surface area contributed by atoms with Crippen molar-refractivity contribution < 1.29 is 0 Å². The first-order valence-electron chi connectivity index (χ1n) is 6.99. The van der Waals surface area contributed by atoms with Crippen molar-refractivity contribution in [1.29, 1.82) is 0 Å². The molecule has 0 radical (unpaired) electrons. The van der Waals surface area contributed by atoms with E-state index in [0.717, 1.165) is 12.6 Å². The lowest BCUT2D eigenvalue weighted by molar-refractivity contribution is 0.178. The SMILES string of the molecule is CNCC1CCCN1C1CCc2c(Br)cccc21. The zero-order valence-electron chi connectivity index (χ0n) is 11.0. The van der Waals surface area contributed by atoms with Crippen LogP contribution in [-0.4, -0.2) is 31.1 Å². The molecule has 2 nitrogen and oxygen atoms in total. The van der Waals surface area contributed by atoms with Gasteiger partial charge in [0.15, 0.2) is 0 Å². The Morgan fingerprint density at radius 3 is 3.11 bits per heavy atom. The maximum absolute atomic E-state index is 3.70. The van der Waals surface area contributed by atoms with Crippen LogP contribution in [0.15, 0.2) is 22.7 Å². The summed E-state index contributed by atoms with van der Waals surface area (Å²) in [4.78, 5) is 2.73. The van der Waals surface area contributed by atoms with Gasteiger partial charge in [-0.25, -0.2) is 0 Å². The van der Waals surface area contributed by atoms with E-state index in [9.17, 15) is 0 Å². The highest BCUT2D eigenvalue weighted by Gasteiger charge is 2.35. The van der Waals surface area contributed by atoms with Crippen LogP contribution >= 0.6 is 15.9 Å². The molecule has 1 aliphatic heterocycles. The molecule has 2 atom stereocenters. The fourth-order valence-electron chi connectivity index (χ4n) is 3.66. The molecule has 1 aromatic carbocycles. The third kappa shape index (κ3) is 2.13. The van der Waals surface area contributed by atoms with Gasteiger partial charge in [0.25, 0.3) is 0 Å². The van der Waals surface area contributed by atoms with Gasteiger partial charge < -0.3 is 5.32 Å². The topological polar surface area (TPSA) is 15.3 Å². The second kappa shape index (κ2) is 5.32. The van der Waals surface area contributed by atoms with E-state index in [-0.39, 0.29) is 0 Å². The summed E-state index contributed by atoms with van der Waals surface area (Å²) in [5.41, 5.74) is 3.10. The highest BCUT2D eigenvalue weighted by atomic mass is 79.9. The second-order valence-electron chi connectivity index (χ2n) is 5.45. The fraction of sp³-hybridized carbons (Fsp3) is 0.600. The standard InChI is InChI=1S/C15H21BrN2/c1-17-10-11-4-3-9-18(11)15-8-7-12-13(15)5-2-6-14(12)16/h2,5-6,11,15,17H,3-4,7-10H2,1H3. The summed E-state index contributed by atoms with van der Waals surface area (Å²) in [6.07, 6.45) is 5.22. The Morgan fingerprint density at radius 1 is 1.39 bits per heavy atom. The Hall–Kier alpha value is -0.380. The first-order chi connectivity index (χ1) is 8.81. The average molecular weight is 309 g/mol. The number of fused-ring (bicyclic) bond motifs is 1. The highest BCUT2D eigenvalue weighted by molar-refractivity contribution is 9.10. The minimum atomic E-state index is 0.651. The Balaban J connectivity index is 1.85. The van der Waals surface area contributed by atoms with E-state index < -0.39 is 0 Å². The molecule has 3 heteroatoms. The summed E-state index contributed by atoms with van der Waals surface area (Å²) < 4.78 is 1.30. The Morgan fingerprint density at radius 2 is 2.28 bits per heavy atom. The van der Waals surface area contributed by atoms with E-state index >= 15 is 0 Å². The van der Waals surface area contributed by atoms with Gasteiger partial charge in [-0.15, -0.1) is 0 Å². The van der Waals surface area contributed by atoms with Crippen LogP contribution in [0.2, 0.25) is 0 Å². The summed E-state index contributed by atoms with van der Waals surface area (Å²) in [6.45, 7) is 2.39. The van der Waals surface area contributed by atoms with Crippen molar-refractivity contribution >= 4 is 15.9 Å². The largest absolute Gasteiger partial charge is 0.318 e. The van der Waals surface area contributed by atoms with Crippen LogP contribution in [0.3, 0.4) is 0 Å². The van der Waals surface area contributed by atoms with E-state index in [0.29, 0.717) is 6.04 Å². The lowest BCUT2D eigenvalue weighted by atomic mass is 10.1. The maximum Gasteiger partial charge on any atom is 0.0357 e. The van der Waals surface area contributed by atoms with Crippen molar-refractivity contribution in [2.24, 2.45) is 0 Å². The van der Waals surface area contributed by atoms with Gasteiger partial charge in [-0.2, -0.15) is 0 Å². The molecular weight excluding hydrogens is 288 g/mol. The van der Waals surface area contributed by atoms with Crippen LogP contribution in [0.4, 0.5) is 0 Å². The molecule has 1 heterocycles. The molecule has 1 aromatic rings. The predicted molar refractivity (Wildman–Crippen MR) is 78.9 cm³/mol. The van der Waals surface area contributed by atoms with Gasteiger partial charge in [-0.1, -0.05) is 28.1 Å². The van der Waals surface area contributed by atoms with Gasteiger partial charge >= 0.3 is 0 Å². The normalized spacial score (nSPS) is 27.7.